The second-order valence-corrected chi connectivity index (χ2v) is 3.52. The van der Waals surface area contributed by atoms with Crippen molar-refractivity contribution in [2.45, 2.75) is 45.9 Å². The Kier molecular flexibility index (Phi) is 7.71. The molecule has 0 aromatic carbocycles. The van der Waals surface area contributed by atoms with Gasteiger partial charge in [-0.3, -0.25) is 4.57 Å². The Balaban J connectivity index is 0.000000659. The third-order valence-electron chi connectivity index (χ3n) is 2.37. The van der Waals surface area contributed by atoms with Crippen LogP contribution >= 0.6 is 0 Å². The number of rotatable bonds is 1. The van der Waals surface area contributed by atoms with E-state index in [2.05, 4.69) is 18.1 Å². The van der Waals surface area contributed by atoms with E-state index >= 15 is 0 Å². The van der Waals surface area contributed by atoms with Crippen molar-refractivity contribution in [2.75, 3.05) is 5.73 Å². The molecule has 2 atom stereocenters. The van der Waals surface area contributed by atoms with Crippen LogP contribution in [0.2, 0.25) is 0 Å². The summed E-state index contributed by atoms with van der Waals surface area (Å²) in [5.74, 6) is 0.247. The minimum absolute atomic E-state index is 0.175. The lowest BCUT2D eigenvalue weighted by Gasteiger charge is -2.13. The Bertz CT molecular complexity index is 403. The van der Waals surface area contributed by atoms with Crippen molar-refractivity contribution in [3.05, 3.63) is 35.9 Å². The number of nitrogen functional groups attached to an aromatic ring is 1. The Labute approximate surface area is 108 Å². The van der Waals surface area contributed by atoms with Crippen LogP contribution in [0, 0.1) is 0 Å². The summed E-state index contributed by atoms with van der Waals surface area (Å²) in [6, 6.07) is 1.60. The summed E-state index contributed by atoms with van der Waals surface area (Å²) in [6.07, 6.45) is 3.50. The molecule has 5 heteroatoms. The summed E-state index contributed by atoms with van der Waals surface area (Å²) in [4.78, 5) is 15.1. The maximum absolute atomic E-state index is 11.4. The van der Waals surface area contributed by atoms with Gasteiger partial charge in [0.15, 0.2) is 0 Å². The third kappa shape index (κ3) is 4.33. The first kappa shape index (κ1) is 16.4. The van der Waals surface area contributed by atoms with Crippen molar-refractivity contribution >= 4 is 5.82 Å². The minimum atomic E-state index is -0.343. The summed E-state index contributed by atoms with van der Waals surface area (Å²) in [5.41, 5.74) is 5.04. The Morgan fingerprint density at radius 1 is 1.44 bits per heavy atom. The lowest BCUT2D eigenvalue weighted by Crippen LogP contribution is -2.27. The molecule has 0 aliphatic carbocycles. The summed E-state index contributed by atoms with van der Waals surface area (Å²) in [7, 11) is 0. The molecule has 2 heterocycles. The smallest absolute Gasteiger partial charge is 0.351 e. The molecule has 18 heavy (non-hydrogen) atoms. The number of anilines is 1. The first-order valence-electron chi connectivity index (χ1n) is 6.17. The van der Waals surface area contributed by atoms with Crippen LogP contribution in [0.4, 0.5) is 5.82 Å². The first-order valence-corrected chi connectivity index (χ1v) is 6.17. The number of hydrogen-bond donors (Lipinski definition) is 1. The summed E-state index contributed by atoms with van der Waals surface area (Å²) in [5, 5.41) is 0. The van der Waals surface area contributed by atoms with E-state index in [1.54, 1.807) is 12.3 Å². The molecule has 1 aliphatic rings. The molecule has 0 radical (unpaired) electrons. The van der Waals surface area contributed by atoms with Crippen molar-refractivity contribution in [3.63, 3.8) is 0 Å². The van der Waals surface area contributed by atoms with Crippen LogP contribution < -0.4 is 11.4 Å². The molecule has 1 aromatic heterocycles. The lowest BCUT2D eigenvalue weighted by molar-refractivity contribution is 0.00806. The Hall–Kier alpha value is -1.62. The Morgan fingerprint density at radius 3 is 2.50 bits per heavy atom. The van der Waals surface area contributed by atoms with Crippen LogP contribution in [0.25, 0.3) is 0 Å². The highest BCUT2D eigenvalue weighted by molar-refractivity contribution is 5.23. The average Bonchev–Trinajstić information content (AvgIpc) is 2.81. The van der Waals surface area contributed by atoms with Gasteiger partial charge in [-0.25, -0.2) is 4.79 Å². The van der Waals surface area contributed by atoms with Crippen molar-refractivity contribution < 1.29 is 4.74 Å². The molecular weight excluding hydrogens is 230 g/mol. The van der Waals surface area contributed by atoms with Gasteiger partial charge in [0, 0.05) is 6.20 Å². The molecule has 0 amide bonds. The van der Waals surface area contributed by atoms with Crippen LogP contribution in [0.15, 0.2) is 30.2 Å². The summed E-state index contributed by atoms with van der Waals surface area (Å²) >= 11 is 0. The zero-order chi connectivity index (χ0) is 14.1. The lowest BCUT2D eigenvalue weighted by atomic mass is 10.2. The van der Waals surface area contributed by atoms with Crippen LogP contribution in [-0.4, -0.2) is 15.7 Å². The zero-order valence-electron chi connectivity index (χ0n) is 11.4. The van der Waals surface area contributed by atoms with Crippen LogP contribution in [0.1, 0.15) is 39.8 Å². The van der Waals surface area contributed by atoms with Gasteiger partial charge >= 0.3 is 5.69 Å². The molecule has 1 saturated heterocycles. The van der Waals surface area contributed by atoms with E-state index in [0.29, 0.717) is 0 Å². The van der Waals surface area contributed by atoms with Gasteiger partial charge in [0.1, 0.15) is 12.0 Å². The van der Waals surface area contributed by atoms with Crippen molar-refractivity contribution in [1.82, 2.24) is 9.55 Å². The van der Waals surface area contributed by atoms with E-state index in [1.807, 2.05) is 20.8 Å². The van der Waals surface area contributed by atoms with Gasteiger partial charge in [-0.1, -0.05) is 13.8 Å². The second kappa shape index (κ2) is 8.47. The molecule has 5 nitrogen and oxygen atoms in total. The van der Waals surface area contributed by atoms with Crippen molar-refractivity contribution in [1.29, 1.82) is 0 Å². The zero-order valence-corrected chi connectivity index (χ0v) is 11.4. The van der Waals surface area contributed by atoms with E-state index in [4.69, 9.17) is 10.5 Å². The predicted molar refractivity (Wildman–Crippen MR) is 74.3 cm³/mol. The quantitative estimate of drug-likeness (QED) is 0.780. The van der Waals surface area contributed by atoms with E-state index in [1.165, 1.54) is 4.57 Å². The number of hydrogen-bond acceptors (Lipinski definition) is 4. The highest BCUT2D eigenvalue weighted by atomic mass is 16.5. The van der Waals surface area contributed by atoms with E-state index in [0.717, 1.165) is 12.8 Å². The SMILES string of the molecule is C=C.CC.CC1CCC(n2ccc(N)nc2=O)O1. The summed E-state index contributed by atoms with van der Waals surface area (Å²) in [6.45, 7) is 12.0. The van der Waals surface area contributed by atoms with Crippen molar-refractivity contribution in [2.24, 2.45) is 0 Å². The van der Waals surface area contributed by atoms with Gasteiger partial charge in [0.2, 0.25) is 0 Å². The number of nitrogens with zero attached hydrogens (tertiary/aromatic N) is 2. The molecule has 2 unspecified atom stereocenters. The fourth-order valence-corrected chi connectivity index (χ4v) is 1.63. The maximum Gasteiger partial charge on any atom is 0.351 e. The molecule has 102 valence electrons. The molecule has 1 aromatic rings. The predicted octanol–water partition coefficient (Wildman–Crippen LogP) is 2.35. The van der Waals surface area contributed by atoms with Gasteiger partial charge in [-0.15, -0.1) is 13.2 Å². The minimum Gasteiger partial charge on any atom is -0.383 e. The van der Waals surface area contributed by atoms with Gasteiger partial charge < -0.3 is 10.5 Å². The van der Waals surface area contributed by atoms with E-state index < -0.39 is 0 Å². The van der Waals surface area contributed by atoms with Crippen LogP contribution in [0.5, 0.6) is 0 Å². The van der Waals surface area contributed by atoms with Gasteiger partial charge in [0.25, 0.3) is 0 Å². The van der Waals surface area contributed by atoms with Gasteiger partial charge in [-0.05, 0) is 25.8 Å². The number of nitrogens with two attached hydrogens (primary N) is 1. The number of aromatic nitrogens is 2. The van der Waals surface area contributed by atoms with Gasteiger partial charge in [-0.2, -0.15) is 4.98 Å². The monoisotopic (exact) mass is 253 g/mol. The summed E-state index contributed by atoms with van der Waals surface area (Å²) < 4.78 is 7.04. The van der Waals surface area contributed by atoms with Crippen molar-refractivity contribution in [3.8, 4) is 0 Å². The van der Waals surface area contributed by atoms with Crippen LogP contribution in [-0.2, 0) is 4.74 Å². The molecule has 1 fully saturated rings. The first-order chi connectivity index (χ1) is 8.66. The molecule has 0 bridgehead atoms. The fraction of sp³-hybridized carbons (Fsp3) is 0.538. The topological polar surface area (TPSA) is 70.1 Å². The van der Waals surface area contributed by atoms with Gasteiger partial charge in [0.05, 0.1) is 6.10 Å². The molecule has 0 saturated carbocycles. The molecule has 0 spiro atoms. The van der Waals surface area contributed by atoms with E-state index in [9.17, 15) is 4.79 Å². The molecule has 1 aliphatic heterocycles. The molecule has 2 N–H and O–H groups in total. The molecule has 2 rings (SSSR count). The highest BCUT2D eigenvalue weighted by Gasteiger charge is 2.23. The Morgan fingerprint density at radius 2 is 2.06 bits per heavy atom. The number of ether oxygens (including phenoxy) is 1. The average molecular weight is 253 g/mol. The normalized spacial score (nSPS) is 21.3. The third-order valence-corrected chi connectivity index (χ3v) is 2.37. The second-order valence-electron chi connectivity index (χ2n) is 3.52. The van der Waals surface area contributed by atoms with E-state index in [-0.39, 0.29) is 23.8 Å². The molecular formula is C13H23N3O2. The highest BCUT2D eigenvalue weighted by Crippen LogP contribution is 2.26. The standard InChI is InChI=1S/C9H13N3O2.C2H6.C2H4/c1-6-2-3-8(14-6)12-5-4-7(10)11-9(12)13;2*1-2/h4-6,8H,2-3H2,1H3,(H2,10,11,13);1-2H3;1-2H2. The van der Waals surface area contributed by atoms with Crippen LogP contribution in [0.3, 0.4) is 0 Å². The largest absolute Gasteiger partial charge is 0.383 e. The maximum atomic E-state index is 11.4. The fourth-order valence-electron chi connectivity index (χ4n) is 1.63.